The van der Waals surface area contributed by atoms with Gasteiger partial charge >= 0.3 is 5.97 Å². The summed E-state index contributed by atoms with van der Waals surface area (Å²) in [5, 5.41) is 0. The van der Waals surface area contributed by atoms with E-state index in [2.05, 4.69) is 4.74 Å². The van der Waals surface area contributed by atoms with Gasteiger partial charge in [0.15, 0.2) is 5.78 Å². The molecule has 13 heavy (non-hydrogen) atoms. The smallest absolute Gasteiger partial charge is 0.334 e. The molecule has 0 aliphatic heterocycles. The van der Waals surface area contributed by atoms with Crippen molar-refractivity contribution in [1.29, 1.82) is 0 Å². The van der Waals surface area contributed by atoms with Crippen molar-refractivity contribution < 1.29 is 14.3 Å². The van der Waals surface area contributed by atoms with E-state index in [9.17, 15) is 9.59 Å². The molecule has 2 atom stereocenters. The number of allylic oxidation sites excluding steroid dienone is 3. The minimum absolute atomic E-state index is 0.0278. The number of rotatable bonds is 1. The molecule has 68 valence electrons. The quantitative estimate of drug-likeness (QED) is 0.559. The number of ether oxygens (including phenoxy) is 1. The van der Waals surface area contributed by atoms with Crippen LogP contribution in [0.2, 0.25) is 0 Å². The van der Waals surface area contributed by atoms with Crippen molar-refractivity contribution in [3.8, 4) is 0 Å². The lowest BCUT2D eigenvalue weighted by molar-refractivity contribution is -0.136. The minimum atomic E-state index is -0.313. The van der Waals surface area contributed by atoms with Crippen molar-refractivity contribution in [2.45, 2.75) is 6.42 Å². The molecule has 0 heterocycles. The Morgan fingerprint density at radius 1 is 1.62 bits per heavy atom. The van der Waals surface area contributed by atoms with Crippen LogP contribution in [-0.2, 0) is 14.3 Å². The van der Waals surface area contributed by atoms with Gasteiger partial charge < -0.3 is 4.74 Å². The number of esters is 1. The molecule has 0 bridgehead atoms. The maximum absolute atomic E-state index is 11.2. The Morgan fingerprint density at radius 2 is 2.38 bits per heavy atom. The van der Waals surface area contributed by atoms with Crippen LogP contribution in [0.4, 0.5) is 0 Å². The topological polar surface area (TPSA) is 43.4 Å². The summed E-state index contributed by atoms with van der Waals surface area (Å²) in [5.41, 5.74) is 0.634. The third-order valence-corrected chi connectivity index (χ3v) is 2.64. The Morgan fingerprint density at radius 3 is 3.08 bits per heavy atom. The zero-order chi connectivity index (χ0) is 9.42. The van der Waals surface area contributed by atoms with Gasteiger partial charge in [-0.15, -0.1) is 0 Å². The Hall–Kier alpha value is -1.38. The van der Waals surface area contributed by atoms with Crippen LogP contribution >= 0.6 is 0 Å². The molecular weight excluding hydrogens is 168 g/mol. The van der Waals surface area contributed by atoms with E-state index in [0.29, 0.717) is 12.0 Å². The molecule has 0 radical (unpaired) electrons. The predicted octanol–water partition coefficient (Wildman–Crippen LogP) is 0.861. The second-order valence-corrected chi connectivity index (χ2v) is 3.28. The lowest BCUT2D eigenvalue weighted by Gasteiger charge is -2.09. The lowest BCUT2D eigenvalue weighted by atomic mass is 9.94. The molecule has 2 unspecified atom stereocenters. The SMILES string of the molecule is COC(=O)C1=CCC2C(=O)C=CC12. The summed E-state index contributed by atoms with van der Waals surface area (Å²) in [6, 6.07) is 0. The highest BCUT2D eigenvalue weighted by Gasteiger charge is 2.38. The first kappa shape index (κ1) is 8.23. The van der Waals surface area contributed by atoms with Gasteiger partial charge in [-0.2, -0.15) is 0 Å². The van der Waals surface area contributed by atoms with Crippen LogP contribution in [0.3, 0.4) is 0 Å². The number of carbonyl (C=O) groups excluding carboxylic acids is 2. The van der Waals surface area contributed by atoms with Crippen molar-refractivity contribution in [2.75, 3.05) is 7.11 Å². The summed E-state index contributed by atoms with van der Waals surface area (Å²) < 4.78 is 4.63. The normalized spacial score (nSPS) is 30.2. The van der Waals surface area contributed by atoms with Gasteiger partial charge in [0.25, 0.3) is 0 Å². The highest BCUT2D eigenvalue weighted by molar-refractivity contribution is 6.00. The standard InChI is InChI=1S/C10H10O3/c1-13-10(12)8-3-2-7-6(8)4-5-9(7)11/h3-7H,2H2,1H3. The monoisotopic (exact) mass is 178 g/mol. The Labute approximate surface area is 76.1 Å². The number of carbonyl (C=O) groups is 2. The number of fused-ring (bicyclic) bond motifs is 1. The van der Waals surface area contributed by atoms with E-state index in [1.165, 1.54) is 7.11 Å². The zero-order valence-electron chi connectivity index (χ0n) is 7.32. The Balaban J connectivity index is 2.22. The van der Waals surface area contributed by atoms with Crippen LogP contribution in [0.1, 0.15) is 6.42 Å². The summed E-state index contributed by atoms with van der Waals surface area (Å²) >= 11 is 0. The van der Waals surface area contributed by atoms with Gasteiger partial charge in [-0.3, -0.25) is 4.79 Å². The first-order chi connectivity index (χ1) is 6.24. The van der Waals surface area contributed by atoms with Crippen molar-refractivity contribution in [3.63, 3.8) is 0 Å². The molecular formula is C10H10O3. The molecule has 0 saturated heterocycles. The summed E-state index contributed by atoms with van der Waals surface area (Å²) in [6.07, 6.45) is 5.83. The fraction of sp³-hybridized carbons (Fsp3) is 0.400. The molecule has 0 fully saturated rings. The maximum atomic E-state index is 11.2. The molecule has 0 amide bonds. The average Bonchev–Trinajstić information content (AvgIpc) is 2.68. The van der Waals surface area contributed by atoms with Crippen LogP contribution in [0.5, 0.6) is 0 Å². The van der Waals surface area contributed by atoms with Crippen molar-refractivity contribution >= 4 is 11.8 Å². The zero-order valence-corrected chi connectivity index (χ0v) is 7.32. The molecule has 0 N–H and O–H groups in total. The molecule has 2 aliphatic rings. The summed E-state index contributed by atoms with van der Waals surface area (Å²) in [4.78, 5) is 22.5. The van der Waals surface area contributed by atoms with Gasteiger partial charge in [-0.25, -0.2) is 4.79 Å². The van der Waals surface area contributed by atoms with E-state index in [4.69, 9.17) is 0 Å². The second kappa shape index (κ2) is 2.83. The van der Waals surface area contributed by atoms with E-state index in [0.717, 1.165) is 0 Å². The molecule has 2 rings (SSSR count). The van der Waals surface area contributed by atoms with Gasteiger partial charge in [0, 0.05) is 17.4 Å². The summed E-state index contributed by atoms with van der Waals surface area (Å²) in [7, 11) is 1.36. The molecule has 0 spiro atoms. The van der Waals surface area contributed by atoms with E-state index in [-0.39, 0.29) is 23.6 Å². The van der Waals surface area contributed by atoms with Gasteiger partial charge in [0.2, 0.25) is 0 Å². The third-order valence-electron chi connectivity index (χ3n) is 2.64. The van der Waals surface area contributed by atoms with Gasteiger partial charge in [-0.1, -0.05) is 12.2 Å². The van der Waals surface area contributed by atoms with E-state index in [1.54, 1.807) is 12.2 Å². The highest BCUT2D eigenvalue weighted by atomic mass is 16.5. The van der Waals surface area contributed by atoms with Crippen LogP contribution in [-0.4, -0.2) is 18.9 Å². The van der Waals surface area contributed by atoms with Gasteiger partial charge in [-0.05, 0) is 12.5 Å². The first-order valence-corrected chi connectivity index (χ1v) is 4.24. The van der Waals surface area contributed by atoms with Crippen LogP contribution in [0.25, 0.3) is 0 Å². The number of hydrogen-bond donors (Lipinski definition) is 0. The van der Waals surface area contributed by atoms with E-state index >= 15 is 0 Å². The Bertz CT molecular complexity index is 325. The van der Waals surface area contributed by atoms with E-state index < -0.39 is 0 Å². The predicted molar refractivity (Wildman–Crippen MR) is 45.8 cm³/mol. The molecule has 0 aromatic heterocycles. The summed E-state index contributed by atoms with van der Waals surface area (Å²) in [6.45, 7) is 0. The largest absolute Gasteiger partial charge is 0.466 e. The fourth-order valence-electron chi connectivity index (χ4n) is 1.94. The highest BCUT2D eigenvalue weighted by Crippen LogP contribution is 2.38. The first-order valence-electron chi connectivity index (χ1n) is 4.24. The third kappa shape index (κ3) is 1.11. The van der Waals surface area contributed by atoms with Gasteiger partial charge in [0.1, 0.15) is 0 Å². The molecule has 2 aliphatic carbocycles. The van der Waals surface area contributed by atoms with Crippen LogP contribution in [0, 0.1) is 11.8 Å². The maximum Gasteiger partial charge on any atom is 0.334 e. The number of ketones is 1. The van der Waals surface area contributed by atoms with Gasteiger partial charge in [0.05, 0.1) is 7.11 Å². The van der Waals surface area contributed by atoms with Crippen LogP contribution in [0.15, 0.2) is 23.8 Å². The fourth-order valence-corrected chi connectivity index (χ4v) is 1.94. The Kier molecular flexibility index (Phi) is 1.79. The number of methoxy groups -OCH3 is 1. The average molecular weight is 178 g/mol. The van der Waals surface area contributed by atoms with Crippen LogP contribution < -0.4 is 0 Å². The number of hydrogen-bond acceptors (Lipinski definition) is 3. The van der Waals surface area contributed by atoms with Crippen molar-refractivity contribution in [3.05, 3.63) is 23.8 Å². The molecule has 3 nitrogen and oxygen atoms in total. The molecule has 0 saturated carbocycles. The van der Waals surface area contributed by atoms with Crippen molar-refractivity contribution in [2.24, 2.45) is 11.8 Å². The molecule has 3 heteroatoms. The van der Waals surface area contributed by atoms with Crippen molar-refractivity contribution in [1.82, 2.24) is 0 Å². The second-order valence-electron chi connectivity index (χ2n) is 3.28. The molecule has 0 aromatic rings. The summed E-state index contributed by atoms with van der Waals surface area (Å²) in [5.74, 6) is -0.249. The lowest BCUT2D eigenvalue weighted by Crippen LogP contribution is -2.16. The molecule has 0 aromatic carbocycles. The minimum Gasteiger partial charge on any atom is -0.466 e. The van der Waals surface area contributed by atoms with E-state index in [1.807, 2.05) is 6.08 Å².